The van der Waals surface area contributed by atoms with Crippen molar-refractivity contribution in [3.63, 3.8) is 0 Å². The van der Waals surface area contributed by atoms with Crippen LogP contribution in [0.4, 0.5) is 19.0 Å². The van der Waals surface area contributed by atoms with Gasteiger partial charge in [-0.1, -0.05) is 0 Å². The number of piperidine rings is 1. The summed E-state index contributed by atoms with van der Waals surface area (Å²) < 4.78 is 44.3. The molecule has 0 amide bonds. The molecule has 0 radical (unpaired) electrons. The van der Waals surface area contributed by atoms with Crippen LogP contribution in [0.1, 0.15) is 42.4 Å². The molecule has 2 heterocycles. The second-order valence-electron chi connectivity index (χ2n) is 8.23. The molecule has 1 aromatic carbocycles. The van der Waals surface area contributed by atoms with Crippen molar-refractivity contribution < 1.29 is 22.7 Å². The summed E-state index contributed by atoms with van der Waals surface area (Å²) in [5.41, 5.74) is 1.96. The Kier molecular flexibility index (Phi) is 6.13. The molecule has 0 spiro atoms. The van der Waals surface area contributed by atoms with Gasteiger partial charge in [-0.3, -0.25) is 4.79 Å². The first-order valence-corrected chi connectivity index (χ1v) is 10.5. The maximum atomic E-state index is 13.1. The first-order valence-electron chi connectivity index (χ1n) is 10.5. The quantitative estimate of drug-likeness (QED) is 0.716. The summed E-state index contributed by atoms with van der Waals surface area (Å²) in [6.07, 6.45) is 1.18. The van der Waals surface area contributed by atoms with Crippen LogP contribution >= 0.6 is 0 Å². The third-order valence-electron chi connectivity index (χ3n) is 5.99. The highest BCUT2D eigenvalue weighted by atomic mass is 19.4. The zero-order valence-electron chi connectivity index (χ0n) is 17.3. The maximum absolute atomic E-state index is 13.1. The van der Waals surface area contributed by atoms with Crippen molar-refractivity contribution >= 4 is 12.3 Å². The Morgan fingerprint density at radius 3 is 2.65 bits per heavy atom. The van der Waals surface area contributed by atoms with Crippen LogP contribution in [0.3, 0.4) is 0 Å². The summed E-state index contributed by atoms with van der Waals surface area (Å²) in [5, 5.41) is 12.3. The Morgan fingerprint density at radius 1 is 1.16 bits per heavy atom. The highest BCUT2D eigenvalue weighted by Crippen LogP contribution is 2.40. The van der Waals surface area contributed by atoms with E-state index in [-0.39, 0.29) is 18.3 Å². The van der Waals surface area contributed by atoms with Gasteiger partial charge in [0, 0.05) is 23.7 Å². The lowest BCUT2D eigenvalue weighted by Crippen LogP contribution is -2.40. The summed E-state index contributed by atoms with van der Waals surface area (Å²) in [6, 6.07) is 3.41. The van der Waals surface area contributed by atoms with Crippen LogP contribution in [0.5, 0.6) is 5.75 Å². The van der Waals surface area contributed by atoms with Crippen LogP contribution in [0.2, 0.25) is 0 Å². The van der Waals surface area contributed by atoms with E-state index in [4.69, 9.17) is 4.74 Å². The summed E-state index contributed by atoms with van der Waals surface area (Å²) in [5.74, 6) is 0.588. The summed E-state index contributed by atoms with van der Waals surface area (Å²) >= 11 is 0. The average molecular weight is 434 g/mol. The van der Waals surface area contributed by atoms with Gasteiger partial charge in [-0.25, -0.2) is 0 Å². The van der Waals surface area contributed by atoms with Crippen molar-refractivity contribution in [2.24, 2.45) is 0 Å². The Morgan fingerprint density at radius 2 is 1.94 bits per heavy atom. The number of carbonyl (C=O) groups excluding carboxylic acids is 1. The monoisotopic (exact) mass is 434 g/mol. The molecule has 1 N–H and O–H groups in total. The lowest BCUT2D eigenvalue weighted by Gasteiger charge is -2.31. The van der Waals surface area contributed by atoms with Gasteiger partial charge in [0.15, 0.2) is 5.82 Å². The predicted molar refractivity (Wildman–Crippen MR) is 110 cm³/mol. The number of halogens is 3. The van der Waals surface area contributed by atoms with Crippen molar-refractivity contribution in [1.29, 1.82) is 0 Å². The molecule has 9 heteroatoms. The summed E-state index contributed by atoms with van der Waals surface area (Å²) in [7, 11) is 2.09. The second kappa shape index (κ2) is 8.82. The molecular formula is C22H25F3N4O2. The smallest absolute Gasteiger partial charge is 0.416 e. The third-order valence-corrected chi connectivity index (χ3v) is 5.99. The second-order valence-corrected chi connectivity index (χ2v) is 8.23. The van der Waals surface area contributed by atoms with Gasteiger partial charge in [-0.15, -0.1) is 10.2 Å². The summed E-state index contributed by atoms with van der Waals surface area (Å²) in [6.45, 7) is 2.14. The number of likely N-dealkylation sites (N-methyl/N-ethyl adjacent to an activating group) is 1. The highest BCUT2D eigenvalue weighted by molar-refractivity contribution is 5.74. The van der Waals surface area contributed by atoms with Crippen molar-refractivity contribution in [3.05, 3.63) is 34.9 Å². The van der Waals surface area contributed by atoms with E-state index in [1.165, 1.54) is 6.07 Å². The van der Waals surface area contributed by atoms with E-state index in [1.54, 1.807) is 0 Å². The van der Waals surface area contributed by atoms with E-state index in [2.05, 4.69) is 27.5 Å². The zero-order valence-corrected chi connectivity index (χ0v) is 17.3. The van der Waals surface area contributed by atoms with Gasteiger partial charge >= 0.3 is 6.18 Å². The van der Waals surface area contributed by atoms with E-state index in [0.29, 0.717) is 11.3 Å². The van der Waals surface area contributed by atoms with Gasteiger partial charge in [0.2, 0.25) is 0 Å². The largest absolute Gasteiger partial charge is 0.428 e. The van der Waals surface area contributed by atoms with Crippen LogP contribution < -0.4 is 10.1 Å². The van der Waals surface area contributed by atoms with Crippen molar-refractivity contribution in [1.82, 2.24) is 15.1 Å². The van der Waals surface area contributed by atoms with Crippen LogP contribution in [0.15, 0.2) is 18.2 Å². The zero-order chi connectivity index (χ0) is 22.0. The molecule has 1 aliphatic carbocycles. The van der Waals surface area contributed by atoms with Crippen LogP contribution in [0.25, 0.3) is 11.3 Å². The lowest BCUT2D eigenvalue weighted by molar-refractivity contribution is -0.138. The first kappa shape index (κ1) is 21.5. The number of hydrogen-bond donors (Lipinski definition) is 1. The molecular weight excluding hydrogens is 409 g/mol. The molecule has 0 bridgehead atoms. The molecule has 0 unspecified atom stereocenters. The van der Waals surface area contributed by atoms with Gasteiger partial charge < -0.3 is 15.0 Å². The Hall–Kier alpha value is -2.68. The number of nitrogens with zero attached hydrogens (tertiary/aromatic N) is 3. The number of fused-ring (bicyclic) bond motifs is 1. The number of carbonyl (C=O) groups is 1. The first-order chi connectivity index (χ1) is 14.9. The van der Waals surface area contributed by atoms with Gasteiger partial charge in [-0.05, 0) is 75.9 Å². The minimum Gasteiger partial charge on any atom is -0.428 e. The number of nitrogens with one attached hydrogen (secondary N) is 1. The van der Waals surface area contributed by atoms with Crippen LogP contribution in [0, 0.1) is 0 Å². The van der Waals surface area contributed by atoms with Crippen molar-refractivity contribution in [3.8, 4) is 17.0 Å². The Labute approximate surface area is 178 Å². The van der Waals surface area contributed by atoms with E-state index in [1.807, 2.05) is 0 Å². The fraction of sp³-hybridized carbons (Fsp3) is 0.500. The molecule has 2 aromatic rings. The van der Waals surface area contributed by atoms with Crippen molar-refractivity contribution in [2.45, 2.75) is 50.7 Å². The highest BCUT2D eigenvalue weighted by Gasteiger charge is 2.32. The molecule has 1 saturated heterocycles. The standard InChI is InChI=1S/C22H25F3N4O2/c1-29-10-4-5-15(12-29)26-21-17-7-3-2-6-16(17)20(27-28-21)18-9-8-14(22(23,24)25)11-19(18)31-13-30/h8-9,11,13,15H,2-7,10,12H2,1H3,(H,26,28)/t15-/m1/s1. The molecule has 2 aliphatic rings. The molecule has 1 fully saturated rings. The van der Waals surface area contributed by atoms with Crippen LogP contribution in [-0.2, 0) is 23.8 Å². The van der Waals surface area contributed by atoms with Crippen molar-refractivity contribution in [2.75, 3.05) is 25.5 Å². The number of aromatic nitrogens is 2. The number of hydrogen-bond acceptors (Lipinski definition) is 6. The number of benzene rings is 1. The van der Waals surface area contributed by atoms with Crippen LogP contribution in [-0.4, -0.2) is 47.7 Å². The number of anilines is 1. The molecule has 0 saturated carbocycles. The fourth-order valence-electron chi connectivity index (χ4n) is 4.50. The molecule has 31 heavy (non-hydrogen) atoms. The summed E-state index contributed by atoms with van der Waals surface area (Å²) in [4.78, 5) is 13.2. The topological polar surface area (TPSA) is 67.3 Å². The number of likely N-dealkylation sites (tertiary alicyclic amines) is 1. The molecule has 4 rings (SSSR count). The third kappa shape index (κ3) is 4.66. The van der Waals surface area contributed by atoms with Gasteiger partial charge in [-0.2, -0.15) is 13.2 Å². The number of ether oxygens (including phenoxy) is 1. The fourth-order valence-corrected chi connectivity index (χ4v) is 4.50. The van der Waals surface area contributed by atoms with E-state index in [9.17, 15) is 18.0 Å². The molecule has 6 nitrogen and oxygen atoms in total. The molecule has 1 atom stereocenters. The number of rotatable bonds is 5. The molecule has 1 aromatic heterocycles. The van der Waals surface area contributed by atoms with Gasteiger partial charge in [0.1, 0.15) is 11.4 Å². The minimum atomic E-state index is -4.54. The van der Waals surface area contributed by atoms with Gasteiger partial charge in [0.25, 0.3) is 6.47 Å². The van der Waals surface area contributed by atoms with E-state index < -0.39 is 11.7 Å². The van der Waals surface area contributed by atoms with E-state index >= 15 is 0 Å². The molecule has 1 aliphatic heterocycles. The number of alkyl halides is 3. The minimum absolute atomic E-state index is 0.133. The lowest BCUT2D eigenvalue weighted by atomic mass is 9.88. The normalized spacial score (nSPS) is 19.5. The predicted octanol–water partition coefficient (Wildman–Crippen LogP) is 4.08. The average Bonchev–Trinajstić information content (AvgIpc) is 2.74. The Balaban J connectivity index is 1.73. The SMILES string of the molecule is CN1CCC[C@@H](Nc2nnc(-c3ccc(C(F)(F)F)cc3OC=O)c3c2CCCC3)C1. The molecule has 166 valence electrons. The maximum Gasteiger partial charge on any atom is 0.416 e. The van der Waals surface area contributed by atoms with E-state index in [0.717, 1.165) is 80.7 Å². The Bertz CT molecular complexity index is 965. The van der Waals surface area contributed by atoms with Gasteiger partial charge in [0.05, 0.1) is 5.56 Å².